The van der Waals surface area contributed by atoms with Crippen LogP contribution in [0.4, 0.5) is 0 Å². The molecular formula is C11H11NO. The van der Waals surface area contributed by atoms with E-state index in [9.17, 15) is 4.79 Å². The second-order valence-electron chi connectivity index (χ2n) is 3.29. The van der Waals surface area contributed by atoms with Gasteiger partial charge in [-0.05, 0) is 18.6 Å². The molecule has 0 saturated heterocycles. The van der Waals surface area contributed by atoms with E-state index in [4.69, 9.17) is 0 Å². The van der Waals surface area contributed by atoms with Gasteiger partial charge in [0.15, 0.2) is 5.78 Å². The molecule has 0 saturated carbocycles. The van der Waals surface area contributed by atoms with Crippen molar-refractivity contribution in [2.24, 2.45) is 5.92 Å². The van der Waals surface area contributed by atoms with Gasteiger partial charge in [-0.2, -0.15) is 0 Å². The Balaban J connectivity index is 2.32. The molecule has 0 aromatic carbocycles. The molecule has 0 radical (unpaired) electrons. The predicted octanol–water partition coefficient (Wildman–Crippen LogP) is 2.01. The van der Waals surface area contributed by atoms with E-state index in [1.165, 1.54) is 0 Å². The summed E-state index contributed by atoms with van der Waals surface area (Å²) in [5.74, 6) is 0.311. The van der Waals surface area contributed by atoms with Gasteiger partial charge in [0.05, 0.1) is 5.69 Å². The number of rotatable bonds is 2. The highest BCUT2D eigenvalue weighted by Crippen LogP contribution is 2.26. The maximum Gasteiger partial charge on any atom is 0.168 e. The number of carbonyl (C=O) groups excluding carboxylic acids is 1. The quantitative estimate of drug-likeness (QED) is 0.640. The van der Waals surface area contributed by atoms with E-state index >= 15 is 0 Å². The summed E-state index contributed by atoms with van der Waals surface area (Å²) in [4.78, 5) is 15.9. The first-order chi connectivity index (χ1) is 6.33. The van der Waals surface area contributed by atoms with Crippen molar-refractivity contribution in [1.82, 2.24) is 4.98 Å². The van der Waals surface area contributed by atoms with Crippen molar-refractivity contribution in [1.29, 1.82) is 0 Å². The molecule has 1 heterocycles. The minimum absolute atomic E-state index is 0.0856. The van der Waals surface area contributed by atoms with Crippen molar-refractivity contribution in [2.75, 3.05) is 0 Å². The number of hydrogen-bond acceptors (Lipinski definition) is 2. The average Bonchev–Trinajstić information content (AvgIpc) is 2.46. The molecule has 2 nitrogen and oxygen atoms in total. The largest absolute Gasteiger partial charge is 0.294 e. The van der Waals surface area contributed by atoms with Gasteiger partial charge in [0.25, 0.3) is 0 Å². The van der Waals surface area contributed by atoms with Crippen LogP contribution < -0.4 is 0 Å². The number of ketones is 1. The molecule has 2 rings (SSSR count). The van der Waals surface area contributed by atoms with Crippen molar-refractivity contribution in [3.05, 3.63) is 42.2 Å². The average molecular weight is 173 g/mol. The number of allylic oxidation sites excluding steroid dienone is 1. The van der Waals surface area contributed by atoms with Crippen LogP contribution in [-0.4, -0.2) is 10.8 Å². The number of pyridine rings is 1. The van der Waals surface area contributed by atoms with E-state index in [2.05, 4.69) is 11.6 Å². The molecule has 1 aliphatic rings. The van der Waals surface area contributed by atoms with Gasteiger partial charge in [-0.3, -0.25) is 9.78 Å². The number of Topliss-reactive ketones (excluding diaryl/α,β-unsaturated/α-hetero) is 1. The topological polar surface area (TPSA) is 30.0 Å². The van der Waals surface area contributed by atoms with Crippen LogP contribution in [0, 0.1) is 5.92 Å². The first-order valence-electron chi connectivity index (χ1n) is 4.42. The van der Waals surface area contributed by atoms with Gasteiger partial charge in [0.1, 0.15) is 0 Å². The zero-order valence-electron chi connectivity index (χ0n) is 7.36. The van der Waals surface area contributed by atoms with E-state index in [1.54, 1.807) is 12.3 Å². The van der Waals surface area contributed by atoms with Gasteiger partial charge < -0.3 is 0 Å². The van der Waals surface area contributed by atoms with Crippen LogP contribution in [0.5, 0.6) is 0 Å². The van der Waals surface area contributed by atoms with E-state index in [0.717, 1.165) is 24.1 Å². The summed E-state index contributed by atoms with van der Waals surface area (Å²) in [6, 6.07) is 3.67. The Morgan fingerprint density at radius 1 is 1.69 bits per heavy atom. The molecule has 0 fully saturated rings. The molecule has 0 amide bonds. The molecule has 1 aliphatic carbocycles. The predicted molar refractivity (Wildman–Crippen MR) is 50.6 cm³/mol. The lowest BCUT2D eigenvalue weighted by molar-refractivity contribution is 0.0938. The van der Waals surface area contributed by atoms with Crippen LogP contribution in [0.15, 0.2) is 31.0 Å². The summed E-state index contributed by atoms with van der Waals surface area (Å²) >= 11 is 0. The molecule has 0 N–H and O–H groups in total. The Kier molecular flexibility index (Phi) is 1.97. The molecule has 1 aromatic rings. The lowest BCUT2D eigenvalue weighted by Crippen LogP contribution is -2.07. The number of fused-ring (bicyclic) bond motifs is 1. The maximum absolute atomic E-state index is 11.7. The number of nitrogens with zero attached hydrogens (tertiary/aromatic N) is 1. The van der Waals surface area contributed by atoms with Crippen molar-refractivity contribution < 1.29 is 4.79 Å². The summed E-state index contributed by atoms with van der Waals surface area (Å²) in [7, 11) is 0. The fourth-order valence-corrected chi connectivity index (χ4v) is 1.76. The van der Waals surface area contributed by atoms with Crippen LogP contribution >= 0.6 is 0 Å². The number of aromatic nitrogens is 1. The molecule has 0 aliphatic heterocycles. The van der Waals surface area contributed by atoms with E-state index in [1.807, 2.05) is 12.1 Å². The third kappa shape index (κ3) is 1.28. The molecule has 1 aromatic heterocycles. The highest BCUT2D eigenvalue weighted by atomic mass is 16.1. The first-order valence-corrected chi connectivity index (χ1v) is 4.42. The lowest BCUT2D eigenvalue weighted by Gasteiger charge is -2.00. The van der Waals surface area contributed by atoms with Gasteiger partial charge >= 0.3 is 0 Å². The third-order valence-electron chi connectivity index (χ3n) is 2.42. The van der Waals surface area contributed by atoms with Crippen LogP contribution in [0.1, 0.15) is 22.5 Å². The molecule has 13 heavy (non-hydrogen) atoms. The Bertz CT molecular complexity index is 357. The summed E-state index contributed by atoms with van der Waals surface area (Å²) in [6.07, 6.45) is 5.08. The first kappa shape index (κ1) is 8.17. The molecule has 2 heteroatoms. The third-order valence-corrected chi connectivity index (χ3v) is 2.42. The highest BCUT2D eigenvalue weighted by molar-refractivity contribution is 6.01. The van der Waals surface area contributed by atoms with Gasteiger partial charge in [-0.15, -0.1) is 6.58 Å². The fraction of sp³-hybridized carbons (Fsp3) is 0.273. The summed E-state index contributed by atoms with van der Waals surface area (Å²) in [5.41, 5.74) is 1.74. The lowest BCUT2D eigenvalue weighted by atomic mass is 10.0. The van der Waals surface area contributed by atoms with Gasteiger partial charge in [0, 0.05) is 24.1 Å². The molecule has 1 atom stereocenters. The Morgan fingerprint density at radius 2 is 2.54 bits per heavy atom. The normalized spacial score (nSPS) is 20.0. The van der Waals surface area contributed by atoms with Gasteiger partial charge in [-0.1, -0.05) is 6.08 Å². The minimum atomic E-state index is 0.0856. The van der Waals surface area contributed by atoms with Gasteiger partial charge in [0.2, 0.25) is 0 Å². The van der Waals surface area contributed by atoms with Crippen LogP contribution in [0.2, 0.25) is 0 Å². The summed E-state index contributed by atoms with van der Waals surface area (Å²) in [5, 5.41) is 0. The van der Waals surface area contributed by atoms with Crippen molar-refractivity contribution in [3.8, 4) is 0 Å². The van der Waals surface area contributed by atoms with Crippen LogP contribution in [-0.2, 0) is 6.42 Å². The zero-order valence-corrected chi connectivity index (χ0v) is 7.36. The number of carbonyl (C=O) groups is 1. The zero-order chi connectivity index (χ0) is 9.26. The second kappa shape index (κ2) is 3.13. The SMILES string of the molecule is C=CCC1Cc2ncccc2C1=O. The minimum Gasteiger partial charge on any atom is -0.294 e. The van der Waals surface area contributed by atoms with Crippen molar-refractivity contribution in [2.45, 2.75) is 12.8 Å². The summed E-state index contributed by atoms with van der Waals surface area (Å²) < 4.78 is 0. The van der Waals surface area contributed by atoms with Crippen LogP contribution in [0.25, 0.3) is 0 Å². The smallest absolute Gasteiger partial charge is 0.168 e. The fourth-order valence-electron chi connectivity index (χ4n) is 1.76. The molecule has 1 unspecified atom stereocenters. The van der Waals surface area contributed by atoms with Gasteiger partial charge in [-0.25, -0.2) is 0 Å². The van der Waals surface area contributed by atoms with Crippen molar-refractivity contribution >= 4 is 5.78 Å². The van der Waals surface area contributed by atoms with E-state index < -0.39 is 0 Å². The Hall–Kier alpha value is -1.44. The van der Waals surface area contributed by atoms with Crippen molar-refractivity contribution in [3.63, 3.8) is 0 Å². The maximum atomic E-state index is 11.7. The Labute approximate surface area is 77.3 Å². The van der Waals surface area contributed by atoms with E-state index in [0.29, 0.717) is 0 Å². The van der Waals surface area contributed by atoms with E-state index in [-0.39, 0.29) is 11.7 Å². The summed E-state index contributed by atoms with van der Waals surface area (Å²) in [6.45, 7) is 3.65. The monoisotopic (exact) mass is 173 g/mol. The molecular weight excluding hydrogens is 162 g/mol. The standard InChI is InChI=1S/C11H11NO/c1-2-4-8-7-10-9(11(8)13)5-3-6-12-10/h2-3,5-6,8H,1,4,7H2. The molecule has 66 valence electrons. The van der Waals surface area contributed by atoms with Crippen LogP contribution in [0.3, 0.4) is 0 Å². The Morgan fingerprint density at radius 3 is 3.23 bits per heavy atom. The number of hydrogen-bond donors (Lipinski definition) is 0. The highest BCUT2D eigenvalue weighted by Gasteiger charge is 2.29. The second-order valence-corrected chi connectivity index (χ2v) is 3.29. The molecule has 0 spiro atoms. The molecule has 0 bridgehead atoms.